The summed E-state index contributed by atoms with van der Waals surface area (Å²) in [5.41, 5.74) is 2.64. The van der Waals surface area contributed by atoms with Gasteiger partial charge in [-0.05, 0) is 47.4 Å². The summed E-state index contributed by atoms with van der Waals surface area (Å²) >= 11 is 1.28. The van der Waals surface area contributed by atoms with Crippen LogP contribution in [0.15, 0.2) is 35.0 Å². The monoisotopic (exact) mass is 384 g/mol. The van der Waals surface area contributed by atoms with Crippen molar-refractivity contribution in [3.8, 4) is 0 Å². The molecular weight excluding hydrogens is 364 g/mol. The molecule has 7 nitrogen and oxygen atoms in total. The van der Waals surface area contributed by atoms with E-state index in [-0.39, 0.29) is 11.7 Å². The summed E-state index contributed by atoms with van der Waals surface area (Å²) in [6.45, 7) is 5.36. The van der Waals surface area contributed by atoms with Crippen LogP contribution in [0.2, 0.25) is 0 Å². The van der Waals surface area contributed by atoms with E-state index in [0.29, 0.717) is 16.3 Å². The second-order valence-corrected chi connectivity index (χ2v) is 7.77. The molecule has 0 saturated carbocycles. The van der Waals surface area contributed by atoms with Crippen LogP contribution in [0.1, 0.15) is 38.3 Å². The molecule has 2 aromatic heterocycles. The summed E-state index contributed by atoms with van der Waals surface area (Å²) in [5.74, 6) is 0.00904. The van der Waals surface area contributed by atoms with E-state index in [2.05, 4.69) is 15.2 Å². The molecule has 4 rings (SSSR count). The van der Waals surface area contributed by atoms with Gasteiger partial charge in [-0.1, -0.05) is 12.1 Å². The van der Waals surface area contributed by atoms with Crippen molar-refractivity contribution in [3.05, 3.63) is 45.6 Å². The number of hydrogen-bond donors (Lipinski definition) is 0. The predicted molar refractivity (Wildman–Crippen MR) is 102 cm³/mol. The lowest BCUT2D eigenvalue weighted by molar-refractivity contribution is 0.0766. The minimum absolute atomic E-state index is 0.00221. The maximum atomic E-state index is 12.8. The van der Waals surface area contributed by atoms with Crippen molar-refractivity contribution < 1.29 is 14.2 Å². The third kappa shape index (κ3) is 3.77. The van der Waals surface area contributed by atoms with Crippen molar-refractivity contribution >= 4 is 34.1 Å². The maximum Gasteiger partial charge on any atom is 0.263 e. The number of nitrogens with zero attached hydrogens (tertiary/aromatic N) is 4. The summed E-state index contributed by atoms with van der Waals surface area (Å²) in [4.78, 5) is 29.7. The predicted octanol–water partition coefficient (Wildman–Crippen LogP) is 2.84. The zero-order valence-corrected chi connectivity index (χ0v) is 15.9. The first-order chi connectivity index (χ1) is 13.1. The molecule has 0 radical (unpaired) electrons. The second kappa shape index (κ2) is 7.58. The molecule has 0 unspecified atom stereocenters. The third-order valence-corrected chi connectivity index (χ3v) is 5.98. The van der Waals surface area contributed by atoms with Gasteiger partial charge in [-0.25, -0.2) is 4.63 Å². The topological polar surface area (TPSA) is 79.5 Å². The molecule has 0 aliphatic carbocycles. The van der Waals surface area contributed by atoms with Gasteiger partial charge in [-0.15, -0.1) is 11.3 Å². The van der Waals surface area contributed by atoms with Crippen molar-refractivity contribution in [1.29, 1.82) is 0 Å². The number of ketones is 1. The summed E-state index contributed by atoms with van der Waals surface area (Å²) < 4.78 is 4.84. The highest BCUT2D eigenvalue weighted by atomic mass is 32.1. The molecule has 8 heteroatoms. The first-order valence-corrected chi connectivity index (χ1v) is 9.76. The van der Waals surface area contributed by atoms with Crippen LogP contribution in [-0.2, 0) is 6.54 Å². The van der Waals surface area contributed by atoms with E-state index in [0.717, 1.165) is 49.2 Å². The van der Waals surface area contributed by atoms with E-state index >= 15 is 0 Å². The van der Waals surface area contributed by atoms with Crippen LogP contribution >= 0.6 is 11.3 Å². The number of hydrogen-bond acceptors (Lipinski definition) is 7. The Morgan fingerprint density at radius 1 is 1.07 bits per heavy atom. The molecular formula is C19H20N4O3S. The van der Waals surface area contributed by atoms with Crippen LogP contribution in [0, 0.1) is 0 Å². The quantitative estimate of drug-likeness (QED) is 0.644. The van der Waals surface area contributed by atoms with Gasteiger partial charge in [0.05, 0.1) is 9.75 Å². The largest absolute Gasteiger partial charge is 0.337 e. The molecule has 0 atom stereocenters. The maximum absolute atomic E-state index is 12.8. The number of benzene rings is 1. The minimum Gasteiger partial charge on any atom is -0.337 e. The fourth-order valence-electron chi connectivity index (χ4n) is 3.36. The Morgan fingerprint density at radius 3 is 2.74 bits per heavy atom. The average Bonchev–Trinajstić information content (AvgIpc) is 3.28. The number of thiophene rings is 1. The van der Waals surface area contributed by atoms with E-state index in [1.807, 2.05) is 23.1 Å². The Kier molecular flexibility index (Phi) is 5.00. The fraction of sp³-hybridized carbons (Fsp3) is 0.368. The molecule has 1 aliphatic rings. The average molecular weight is 384 g/mol. The van der Waals surface area contributed by atoms with E-state index in [1.54, 1.807) is 12.1 Å². The molecule has 0 bridgehead atoms. The molecule has 1 saturated heterocycles. The molecule has 1 aliphatic heterocycles. The Hall–Kier alpha value is -2.58. The zero-order chi connectivity index (χ0) is 18.8. The number of Topliss-reactive ketones (excluding diaryl/α,β-unsaturated/α-hetero) is 1. The van der Waals surface area contributed by atoms with Crippen molar-refractivity contribution in [1.82, 2.24) is 20.1 Å². The Labute approximate surface area is 160 Å². The molecule has 27 heavy (non-hydrogen) atoms. The lowest BCUT2D eigenvalue weighted by atomic mass is 10.1. The van der Waals surface area contributed by atoms with Crippen molar-refractivity contribution in [2.45, 2.75) is 19.9 Å². The smallest absolute Gasteiger partial charge is 0.263 e. The van der Waals surface area contributed by atoms with Crippen LogP contribution in [0.25, 0.3) is 11.0 Å². The normalized spacial score (nSPS) is 15.8. The number of rotatable bonds is 4. The Balaban J connectivity index is 1.42. The standard InChI is InChI=1S/C19H20N4O3S/c1-13(24)16-6-7-17(27-16)19(25)23-9-3-8-22(10-11-23)12-14-4-2-5-15-18(14)21-26-20-15/h2,4-7H,3,8-12H2,1H3. The van der Waals surface area contributed by atoms with Gasteiger partial charge in [0.2, 0.25) is 0 Å². The number of aromatic nitrogens is 2. The molecule has 0 N–H and O–H groups in total. The lowest BCUT2D eigenvalue weighted by Gasteiger charge is -2.21. The highest BCUT2D eigenvalue weighted by molar-refractivity contribution is 7.15. The van der Waals surface area contributed by atoms with E-state index in [4.69, 9.17) is 4.63 Å². The summed E-state index contributed by atoms with van der Waals surface area (Å²) in [5, 5.41) is 7.90. The molecule has 3 aromatic rings. The Morgan fingerprint density at radius 2 is 1.93 bits per heavy atom. The van der Waals surface area contributed by atoms with Gasteiger partial charge < -0.3 is 4.90 Å². The number of amides is 1. The molecule has 3 heterocycles. The van der Waals surface area contributed by atoms with Gasteiger partial charge in [0.1, 0.15) is 11.0 Å². The highest BCUT2D eigenvalue weighted by Crippen LogP contribution is 2.21. The lowest BCUT2D eigenvalue weighted by Crippen LogP contribution is -2.34. The minimum atomic E-state index is -0.00221. The van der Waals surface area contributed by atoms with Crippen molar-refractivity contribution in [2.24, 2.45) is 0 Å². The van der Waals surface area contributed by atoms with E-state index in [9.17, 15) is 9.59 Å². The van der Waals surface area contributed by atoms with Gasteiger partial charge in [0.15, 0.2) is 5.78 Å². The first-order valence-electron chi connectivity index (χ1n) is 8.94. The number of carbonyl (C=O) groups excluding carboxylic acids is 2. The first kappa shape index (κ1) is 17.8. The highest BCUT2D eigenvalue weighted by Gasteiger charge is 2.22. The molecule has 0 spiro atoms. The summed E-state index contributed by atoms with van der Waals surface area (Å²) in [7, 11) is 0. The van der Waals surface area contributed by atoms with Gasteiger partial charge in [0.25, 0.3) is 5.91 Å². The third-order valence-electron chi connectivity index (χ3n) is 4.80. The van der Waals surface area contributed by atoms with Crippen LogP contribution in [0.4, 0.5) is 0 Å². The van der Waals surface area contributed by atoms with Crippen molar-refractivity contribution in [3.63, 3.8) is 0 Å². The summed E-state index contributed by atoms with van der Waals surface area (Å²) in [6.07, 6.45) is 0.906. The van der Waals surface area contributed by atoms with E-state index < -0.39 is 0 Å². The van der Waals surface area contributed by atoms with Gasteiger partial charge in [0, 0.05) is 32.7 Å². The molecule has 1 aromatic carbocycles. The summed E-state index contributed by atoms with van der Waals surface area (Å²) in [6, 6.07) is 9.37. The zero-order valence-electron chi connectivity index (χ0n) is 15.1. The van der Waals surface area contributed by atoms with Crippen molar-refractivity contribution in [2.75, 3.05) is 26.2 Å². The number of carbonyl (C=O) groups is 2. The van der Waals surface area contributed by atoms with Crippen LogP contribution < -0.4 is 0 Å². The Bertz CT molecular complexity index is 980. The van der Waals surface area contributed by atoms with Crippen LogP contribution in [0.5, 0.6) is 0 Å². The fourth-order valence-corrected chi connectivity index (χ4v) is 4.23. The second-order valence-electron chi connectivity index (χ2n) is 6.69. The molecule has 140 valence electrons. The molecule has 1 amide bonds. The molecule has 1 fully saturated rings. The van der Waals surface area contributed by atoms with Gasteiger partial charge in [-0.3, -0.25) is 14.5 Å². The van der Waals surface area contributed by atoms with Gasteiger partial charge >= 0.3 is 0 Å². The number of fused-ring (bicyclic) bond motifs is 1. The van der Waals surface area contributed by atoms with Gasteiger partial charge in [-0.2, -0.15) is 0 Å². The van der Waals surface area contributed by atoms with Crippen LogP contribution in [-0.4, -0.2) is 58.0 Å². The van der Waals surface area contributed by atoms with Crippen LogP contribution in [0.3, 0.4) is 0 Å². The SMILES string of the molecule is CC(=O)c1ccc(C(=O)N2CCCN(Cc3cccc4nonc34)CC2)s1. The van der Waals surface area contributed by atoms with E-state index in [1.165, 1.54) is 18.3 Å².